The highest BCUT2D eigenvalue weighted by Gasteiger charge is 2.22. The molecule has 0 aliphatic rings. The molecule has 0 fully saturated rings. The molecular weight excluding hydrogens is 236 g/mol. The summed E-state index contributed by atoms with van der Waals surface area (Å²) in [6, 6.07) is 0. The molecule has 0 radical (unpaired) electrons. The maximum atomic E-state index is 11.4. The summed E-state index contributed by atoms with van der Waals surface area (Å²) in [5.74, 6) is -0.761. The van der Waals surface area contributed by atoms with Gasteiger partial charge < -0.3 is 4.74 Å². The molecular formula is C9H18O4S2. The van der Waals surface area contributed by atoms with Crippen molar-refractivity contribution in [3.8, 4) is 0 Å². The average Bonchev–Trinajstić information content (AvgIpc) is 1.95. The van der Waals surface area contributed by atoms with E-state index in [1.54, 1.807) is 20.8 Å². The van der Waals surface area contributed by atoms with E-state index in [0.29, 0.717) is 12.2 Å². The molecule has 0 N–H and O–H groups in total. The van der Waals surface area contributed by atoms with Crippen molar-refractivity contribution in [3.05, 3.63) is 0 Å². The third kappa shape index (κ3) is 8.74. The number of carbonyl (C=O) groups is 1. The Morgan fingerprint density at radius 2 is 1.87 bits per heavy atom. The Balaban J connectivity index is 4.17. The number of thiol groups is 1. The van der Waals surface area contributed by atoms with Gasteiger partial charge in [-0.05, 0) is 32.9 Å². The molecule has 0 aliphatic heterocycles. The zero-order valence-electron chi connectivity index (χ0n) is 9.32. The van der Waals surface area contributed by atoms with Crippen molar-refractivity contribution in [2.24, 2.45) is 0 Å². The molecule has 0 aromatic carbocycles. The van der Waals surface area contributed by atoms with Crippen LogP contribution in [0.15, 0.2) is 0 Å². The number of esters is 1. The van der Waals surface area contributed by atoms with Crippen molar-refractivity contribution >= 4 is 28.4 Å². The maximum absolute atomic E-state index is 11.4. The van der Waals surface area contributed by atoms with Gasteiger partial charge in [-0.15, -0.1) is 0 Å². The van der Waals surface area contributed by atoms with E-state index < -0.39 is 27.2 Å². The molecule has 0 saturated heterocycles. The first-order valence-electron chi connectivity index (χ1n) is 4.69. The van der Waals surface area contributed by atoms with Crippen molar-refractivity contribution in [3.63, 3.8) is 0 Å². The second kappa shape index (κ2) is 5.75. The minimum absolute atomic E-state index is 0.0181. The van der Waals surface area contributed by atoms with Crippen LogP contribution < -0.4 is 0 Å². The first kappa shape index (κ1) is 14.8. The van der Waals surface area contributed by atoms with Crippen LogP contribution in [-0.2, 0) is 19.4 Å². The van der Waals surface area contributed by atoms with E-state index in [-0.39, 0.29) is 5.75 Å². The predicted octanol–water partition coefficient (Wildman–Crippen LogP) is 1.06. The lowest BCUT2D eigenvalue weighted by atomic mass is 10.2. The van der Waals surface area contributed by atoms with Gasteiger partial charge >= 0.3 is 5.97 Å². The monoisotopic (exact) mass is 254 g/mol. The maximum Gasteiger partial charge on any atom is 0.321 e. The molecule has 0 bridgehead atoms. The molecule has 0 spiro atoms. The van der Waals surface area contributed by atoms with Crippen LogP contribution in [0.2, 0.25) is 0 Å². The van der Waals surface area contributed by atoms with Crippen molar-refractivity contribution in [1.82, 2.24) is 0 Å². The van der Waals surface area contributed by atoms with Gasteiger partial charge in [-0.25, -0.2) is 8.42 Å². The fraction of sp³-hybridized carbons (Fsp3) is 0.889. The van der Waals surface area contributed by atoms with Gasteiger partial charge in [0.1, 0.15) is 11.4 Å². The minimum Gasteiger partial charge on any atom is -0.459 e. The highest BCUT2D eigenvalue weighted by molar-refractivity contribution is 7.92. The number of carbonyl (C=O) groups excluding carboxylic acids is 1. The number of hydrogen-bond acceptors (Lipinski definition) is 5. The van der Waals surface area contributed by atoms with E-state index in [0.717, 1.165) is 0 Å². The predicted molar refractivity (Wildman–Crippen MR) is 63.0 cm³/mol. The topological polar surface area (TPSA) is 60.4 Å². The molecule has 0 atom stereocenters. The molecule has 0 amide bonds. The van der Waals surface area contributed by atoms with Crippen LogP contribution in [0, 0.1) is 0 Å². The van der Waals surface area contributed by atoms with E-state index in [2.05, 4.69) is 12.6 Å². The van der Waals surface area contributed by atoms with Gasteiger partial charge in [0.15, 0.2) is 9.84 Å². The number of hydrogen-bond donors (Lipinski definition) is 1. The molecule has 0 aromatic rings. The summed E-state index contributed by atoms with van der Waals surface area (Å²) in [5, 5.41) is 0. The van der Waals surface area contributed by atoms with Gasteiger partial charge in [0, 0.05) is 0 Å². The van der Waals surface area contributed by atoms with Crippen LogP contribution in [0.25, 0.3) is 0 Å². The van der Waals surface area contributed by atoms with E-state index in [1.165, 1.54) is 0 Å². The van der Waals surface area contributed by atoms with Crippen LogP contribution >= 0.6 is 12.6 Å². The van der Waals surface area contributed by atoms with Gasteiger partial charge in [-0.2, -0.15) is 12.6 Å². The van der Waals surface area contributed by atoms with Crippen LogP contribution in [-0.4, -0.2) is 37.2 Å². The highest BCUT2D eigenvalue weighted by Crippen LogP contribution is 2.08. The summed E-state index contributed by atoms with van der Waals surface area (Å²) in [7, 11) is -3.34. The standard InChI is InChI=1S/C9H18O4S2/c1-9(2,3)13-8(10)7-15(11,12)6-4-5-14/h14H,4-7H2,1-3H3. The smallest absolute Gasteiger partial charge is 0.321 e. The zero-order chi connectivity index (χ0) is 12.1. The van der Waals surface area contributed by atoms with Crippen LogP contribution in [0.4, 0.5) is 0 Å². The van der Waals surface area contributed by atoms with Crippen molar-refractivity contribution in [2.45, 2.75) is 32.8 Å². The lowest BCUT2D eigenvalue weighted by molar-refractivity contribution is -0.151. The Kier molecular flexibility index (Phi) is 5.66. The van der Waals surface area contributed by atoms with E-state index in [4.69, 9.17) is 4.74 Å². The quantitative estimate of drug-likeness (QED) is 0.589. The SMILES string of the molecule is CC(C)(C)OC(=O)CS(=O)(=O)CCCS. The van der Waals surface area contributed by atoms with E-state index >= 15 is 0 Å². The molecule has 90 valence electrons. The molecule has 4 nitrogen and oxygen atoms in total. The summed E-state index contributed by atoms with van der Waals surface area (Å²) in [6.07, 6.45) is 0.453. The van der Waals surface area contributed by atoms with E-state index in [1.807, 2.05) is 0 Å². The van der Waals surface area contributed by atoms with E-state index in [9.17, 15) is 13.2 Å². The largest absolute Gasteiger partial charge is 0.459 e. The minimum atomic E-state index is -3.34. The molecule has 0 saturated carbocycles. The summed E-state index contributed by atoms with van der Waals surface area (Å²) >= 11 is 3.91. The number of ether oxygens (including phenoxy) is 1. The normalized spacial score (nSPS) is 12.5. The van der Waals surface area contributed by atoms with Gasteiger partial charge in [0.25, 0.3) is 0 Å². The number of sulfone groups is 1. The summed E-state index contributed by atoms with van der Waals surface area (Å²) in [6.45, 7) is 5.10. The third-order valence-corrected chi connectivity index (χ3v) is 3.27. The Bertz CT molecular complexity index is 301. The van der Waals surface area contributed by atoms with Gasteiger partial charge in [0.2, 0.25) is 0 Å². The molecule has 15 heavy (non-hydrogen) atoms. The van der Waals surface area contributed by atoms with Gasteiger partial charge in [-0.3, -0.25) is 4.79 Å². The zero-order valence-corrected chi connectivity index (χ0v) is 11.0. The van der Waals surface area contributed by atoms with Gasteiger partial charge in [-0.1, -0.05) is 0 Å². The molecule has 0 heterocycles. The third-order valence-electron chi connectivity index (χ3n) is 1.37. The summed E-state index contributed by atoms with van der Waals surface area (Å²) in [4.78, 5) is 11.2. The Morgan fingerprint density at radius 3 is 2.27 bits per heavy atom. The Morgan fingerprint density at radius 1 is 1.33 bits per heavy atom. The number of rotatable bonds is 5. The molecule has 0 aromatic heterocycles. The van der Waals surface area contributed by atoms with Gasteiger partial charge in [0.05, 0.1) is 5.75 Å². The first-order chi connectivity index (χ1) is 6.66. The fourth-order valence-corrected chi connectivity index (χ4v) is 2.43. The second-order valence-electron chi connectivity index (χ2n) is 4.26. The molecule has 0 unspecified atom stereocenters. The Hall–Kier alpha value is -0.230. The summed E-state index contributed by atoms with van der Waals surface area (Å²) in [5.41, 5.74) is -0.643. The first-order valence-corrected chi connectivity index (χ1v) is 7.15. The van der Waals surface area contributed by atoms with Crippen LogP contribution in [0.1, 0.15) is 27.2 Å². The molecule has 0 rings (SSSR count). The Labute approximate surface area is 96.7 Å². The van der Waals surface area contributed by atoms with Crippen molar-refractivity contribution < 1.29 is 17.9 Å². The lowest BCUT2D eigenvalue weighted by Gasteiger charge is -2.19. The van der Waals surface area contributed by atoms with Crippen molar-refractivity contribution in [2.75, 3.05) is 17.3 Å². The average molecular weight is 254 g/mol. The fourth-order valence-electron chi connectivity index (χ4n) is 0.907. The van der Waals surface area contributed by atoms with Crippen molar-refractivity contribution in [1.29, 1.82) is 0 Å². The van der Waals surface area contributed by atoms with Crippen LogP contribution in [0.5, 0.6) is 0 Å². The summed E-state index contributed by atoms with van der Waals surface area (Å²) < 4.78 is 27.6. The van der Waals surface area contributed by atoms with Crippen LogP contribution in [0.3, 0.4) is 0 Å². The lowest BCUT2D eigenvalue weighted by Crippen LogP contribution is -2.29. The highest BCUT2D eigenvalue weighted by atomic mass is 32.2. The molecule has 6 heteroatoms. The second-order valence-corrected chi connectivity index (χ2v) is 6.89. The molecule has 0 aliphatic carbocycles.